The van der Waals surface area contributed by atoms with Gasteiger partial charge in [-0.1, -0.05) is 36.4 Å². The Labute approximate surface area is 132 Å². The third kappa shape index (κ3) is 4.42. The van der Waals surface area contributed by atoms with Gasteiger partial charge in [0.05, 0.1) is 18.2 Å². The number of benzene rings is 2. The van der Waals surface area contributed by atoms with Gasteiger partial charge < -0.3 is 5.11 Å². The van der Waals surface area contributed by atoms with Crippen molar-refractivity contribution >= 4 is 0 Å². The van der Waals surface area contributed by atoms with Gasteiger partial charge in [-0.2, -0.15) is 5.26 Å². The molecule has 3 nitrogen and oxygen atoms in total. The highest BCUT2D eigenvalue weighted by Gasteiger charge is 2.11. The molecule has 0 amide bonds. The molecule has 2 rings (SSSR count). The normalized spacial score (nSPS) is 10.9. The Bertz CT molecular complexity index is 624. The number of rotatable bonds is 6. The van der Waals surface area contributed by atoms with E-state index in [0.29, 0.717) is 11.6 Å². The second kappa shape index (κ2) is 7.74. The van der Waals surface area contributed by atoms with E-state index in [4.69, 9.17) is 10.4 Å². The van der Waals surface area contributed by atoms with Crippen LogP contribution in [0.2, 0.25) is 0 Å². The zero-order valence-corrected chi connectivity index (χ0v) is 13.2. The molecule has 0 unspecified atom stereocenters. The Morgan fingerprint density at radius 2 is 1.36 bits per heavy atom. The lowest BCUT2D eigenvalue weighted by Crippen LogP contribution is -2.29. The second-order valence-electron chi connectivity index (χ2n) is 5.78. The van der Waals surface area contributed by atoms with Gasteiger partial charge in [0.15, 0.2) is 0 Å². The van der Waals surface area contributed by atoms with Crippen LogP contribution in [-0.4, -0.2) is 16.0 Å². The van der Waals surface area contributed by atoms with E-state index in [-0.39, 0.29) is 6.61 Å². The summed E-state index contributed by atoms with van der Waals surface area (Å²) >= 11 is 0. The number of hydrogen-bond donors (Lipinski definition) is 1. The van der Waals surface area contributed by atoms with Crippen LogP contribution in [0.3, 0.4) is 0 Å². The van der Waals surface area contributed by atoms with Crippen LogP contribution >= 0.6 is 0 Å². The van der Waals surface area contributed by atoms with Crippen LogP contribution in [-0.2, 0) is 19.7 Å². The summed E-state index contributed by atoms with van der Waals surface area (Å²) in [4.78, 5) is 2.38. The van der Waals surface area contributed by atoms with Crippen LogP contribution < -0.4 is 0 Å². The average Bonchev–Trinajstić information content (AvgIpc) is 2.55. The Kier molecular flexibility index (Phi) is 5.71. The SMILES string of the molecule is CC(C)N(Cc1ccc(C#N)cc1)Cc1ccc(CO)cc1. The van der Waals surface area contributed by atoms with Crippen LogP contribution in [0.1, 0.15) is 36.1 Å². The minimum absolute atomic E-state index is 0.0828. The first-order valence-electron chi connectivity index (χ1n) is 7.54. The van der Waals surface area contributed by atoms with Crippen molar-refractivity contribution in [1.29, 1.82) is 5.26 Å². The van der Waals surface area contributed by atoms with Crippen molar-refractivity contribution < 1.29 is 5.11 Å². The first kappa shape index (κ1) is 16.2. The molecular weight excluding hydrogens is 272 g/mol. The standard InChI is InChI=1S/C19H22N2O/c1-15(2)21(12-17-5-3-16(11-20)4-6-17)13-18-7-9-19(14-22)10-8-18/h3-10,15,22H,12-14H2,1-2H3. The smallest absolute Gasteiger partial charge is 0.0991 e. The van der Waals surface area contributed by atoms with E-state index in [2.05, 4.69) is 36.9 Å². The van der Waals surface area contributed by atoms with E-state index in [1.54, 1.807) is 0 Å². The number of aliphatic hydroxyl groups excluding tert-OH is 1. The maximum Gasteiger partial charge on any atom is 0.0991 e. The summed E-state index contributed by atoms with van der Waals surface area (Å²) in [6.45, 7) is 6.17. The molecule has 2 aromatic rings. The maximum atomic E-state index is 9.10. The van der Waals surface area contributed by atoms with Crippen molar-refractivity contribution in [3.63, 3.8) is 0 Å². The second-order valence-corrected chi connectivity index (χ2v) is 5.78. The topological polar surface area (TPSA) is 47.3 Å². The van der Waals surface area contributed by atoms with Crippen LogP contribution in [0.5, 0.6) is 0 Å². The fourth-order valence-electron chi connectivity index (χ4n) is 2.32. The van der Waals surface area contributed by atoms with Crippen molar-refractivity contribution in [1.82, 2.24) is 4.90 Å². The van der Waals surface area contributed by atoms with Gasteiger partial charge >= 0.3 is 0 Å². The van der Waals surface area contributed by atoms with Crippen molar-refractivity contribution in [2.24, 2.45) is 0 Å². The predicted octanol–water partition coefficient (Wildman–Crippen LogP) is 3.46. The molecule has 0 spiro atoms. The lowest BCUT2D eigenvalue weighted by Gasteiger charge is -2.26. The van der Waals surface area contributed by atoms with E-state index >= 15 is 0 Å². The molecule has 0 atom stereocenters. The Hall–Kier alpha value is -2.15. The van der Waals surface area contributed by atoms with Gasteiger partial charge in [0, 0.05) is 19.1 Å². The molecule has 0 aromatic heterocycles. The van der Waals surface area contributed by atoms with Gasteiger partial charge in [0.2, 0.25) is 0 Å². The molecule has 2 aromatic carbocycles. The molecule has 0 radical (unpaired) electrons. The maximum absolute atomic E-state index is 9.10. The summed E-state index contributed by atoms with van der Waals surface area (Å²) in [7, 11) is 0. The molecule has 0 bridgehead atoms. The minimum atomic E-state index is 0.0828. The van der Waals surface area contributed by atoms with Gasteiger partial charge in [0.1, 0.15) is 0 Å². The number of aliphatic hydroxyl groups is 1. The quantitative estimate of drug-likeness (QED) is 0.887. The average molecular weight is 294 g/mol. The molecule has 3 heteroatoms. The lowest BCUT2D eigenvalue weighted by atomic mass is 10.1. The largest absolute Gasteiger partial charge is 0.392 e. The van der Waals surface area contributed by atoms with E-state index in [1.807, 2.05) is 36.4 Å². The predicted molar refractivity (Wildman–Crippen MR) is 87.9 cm³/mol. The van der Waals surface area contributed by atoms with E-state index in [0.717, 1.165) is 18.7 Å². The number of nitrogens with zero attached hydrogens (tertiary/aromatic N) is 2. The van der Waals surface area contributed by atoms with Crippen molar-refractivity contribution in [3.05, 3.63) is 70.8 Å². The summed E-state index contributed by atoms with van der Waals surface area (Å²) < 4.78 is 0. The third-order valence-electron chi connectivity index (χ3n) is 3.79. The summed E-state index contributed by atoms with van der Waals surface area (Å²) in [5.74, 6) is 0. The first-order chi connectivity index (χ1) is 10.6. The summed E-state index contributed by atoms with van der Waals surface area (Å²) in [6.07, 6.45) is 0. The Morgan fingerprint density at radius 3 is 1.77 bits per heavy atom. The molecule has 0 heterocycles. The van der Waals surface area contributed by atoms with Gasteiger partial charge in [-0.25, -0.2) is 0 Å². The molecule has 114 valence electrons. The van der Waals surface area contributed by atoms with Crippen molar-refractivity contribution in [2.45, 2.75) is 39.6 Å². The zero-order valence-electron chi connectivity index (χ0n) is 13.2. The fraction of sp³-hybridized carbons (Fsp3) is 0.316. The molecule has 0 saturated heterocycles. The highest BCUT2D eigenvalue weighted by atomic mass is 16.3. The molecule has 0 saturated carbocycles. The molecule has 1 N–H and O–H groups in total. The number of hydrogen-bond acceptors (Lipinski definition) is 3. The Morgan fingerprint density at radius 1 is 0.909 bits per heavy atom. The van der Waals surface area contributed by atoms with Gasteiger partial charge in [-0.15, -0.1) is 0 Å². The first-order valence-corrected chi connectivity index (χ1v) is 7.54. The third-order valence-corrected chi connectivity index (χ3v) is 3.79. The molecule has 0 aliphatic carbocycles. The van der Waals surface area contributed by atoms with Crippen LogP contribution in [0.25, 0.3) is 0 Å². The highest BCUT2D eigenvalue weighted by molar-refractivity contribution is 5.31. The summed E-state index contributed by atoms with van der Waals surface area (Å²) in [5, 5.41) is 18.0. The van der Waals surface area contributed by atoms with Gasteiger partial charge in [0.25, 0.3) is 0 Å². The van der Waals surface area contributed by atoms with E-state index in [1.165, 1.54) is 11.1 Å². The lowest BCUT2D eigenvalue weighted by molar-refractivity contribution is 0.203. The van der Waals surface area contributed by atoms with Gasteiger partial charge in [-0.05, 0) is 42.7 Å². The van der Waals surface area contributed by atoms with E-state index in [9.17, 15) is 0 Å². The Balaban J connectivity index is 2.07. The minimum Gasteiger partial charge on any atom is -0.392 e. The van der Waals surface area contributed by atoms with Gasteiger partial charge in [-0.3, -0.25) is 4.90 Å². The van der Waals surface area contributed by atoms with Crippen LogP contribution in [0.4, 0.5) is 0 Å². The molecule has 0 fully saturated rings. The molecule has 0 aliphatic heterocycles. The van der Waals surface area contributed by atoms with Crippen LogP contribution in [0.15, 0.2) is 48.5 Å². The summed E-state index contributed by atoms with van der Waals surface area (Å²) in [5.41, 5.74) is 4.07. The van der Waals surface area contributed by atoms with Crippen molar-refractivity contribution in [2.75, 3.05) is 0 Å². The fourth-order valence-corrected chi connectivity index (χ4v) is 2.32. The monoisotopic (exact) mass is 294 g/mol. The molecular formula is C19H22N2O. The van der Waals surface area contributed by atoms with Crippen molar-refractivity contribution in [3.8, 4) is 6.07 Å². The zero-order chi connectivity index (χ0) is 15.9. The molecule has 0 aliphatic rings. The van der Waals surface area contributed by atoms with Crippen LogP contribution in [0, 0.1) is 11.3 Å². The molecule has 22 heavy (non-hydrogen) atoms. The van der Waals surface area contributed by atoms with E-state index < -0.39 is 0 Å². The number of nitriles is 1. The highest BCUT2D eigenvalue weighted by Crippen LogP contribution is 2.14. The summed E-state index contributed by atoms with van der Waals surface area (Å²) in [6, 6.07) is 18.4.